The minimum absolute atomic E-state index is 0.0290. The molecule has 0 aliphatic carbocycles. The number of carbonyl (C=O) groups is 1. The molecule has 0 amide bonds. The summed E-state index contributed by atoms with van der Waals surface area (Å²) < 4.78 is 0. The molecule has 8 N–H and O–H groups in total. The molecular formula is C10H14N6O. The topological polar surface area (TPSA) is 146 Å². The summed E-state index contributed by atoms with van der Waals surface area (Å²) >= 11 is 0. The zero-order valence-corrected chi connectivity index (χ0v) is 9.13. The Bertz CT molecular complexity index is 458. The third kappa shape index (κ3) is 3.92. The predicted octanol–water partition coefficient (Wildman–Crippen LogP) is -0.952. The summed E-state index contributed by atoms with van der Waals surface area (Å²) in [6.07, 6.45) is 0. The Balaban J connectivity index is 2.89. The van der Waals surface area contributed by atoms with Gasteiger partial charge in [-0.15, -0.1) is 0 Å². The lowest BCUT2D eigenvalue weighted by Gasteiger charge is -1.99. The predicted molar refractivity (Wildman–Crippen MR) is 66.9 cm³/mol. The van der Waals surface area contributed by atoms with Crippen LogP contribution in [0.1, 0.15) is 10.4 Å². The molecule has 90 valence electrons. The zero-order valence-electron chi connectivity index (χ0n) is 9.13. The van der Waals surface area contributed by atoms with Crippen LogP contribution in [0.25, 0.3) is 0 Å². The number of guanidine groups is 2. The Morgan fingerprint density at radius 1 is 1.12 bits per heavy atom. The van der Waals surface area contributed by atoms with E-state index in [1.807, 2.05) is 0 Å². The maximum absolute atomic E-state index is 11.3. The van der Waals surface area contributed by atoms with E-state index >= 15 is 0 Å². The van der Waals surface area contributed by atoms with Crippen LogP contribution in [0.5, 0.6) is 0 Å². The Morgan fingerprint density at radius 2 is 1.71 bits per heavy atom. The number of nitrogens with zero attached hydrogens (tertiary/aromatic N) is 2. The van der Waals surface area contributed by atoms with Crippen LogP contribution in [-0.2, 0) is 0 Å². The Kier molecular flexibility index (Phi) is 4.18. The van der Waals surface area contributed by atoms with Crippen molar-refractivity contribution in [2.75, 3.05) is 6.54 Å². The van der Waals surface area contributed by atoms with E-state index in [1.165, 1.54) is 0 Å². The highest BCUT2D eigenvalue weighted by Crippen LogP contribution is 2.13. The van der Waals surface area contributed by atoms with Gasteiger partial charge in [0.25, 0.3) is 0 Å². The molecule has 0 spiro atoms. The largest absolute Gasteiger partial charge is 0.370 e. The van der Waals surface area contributed by atoms with Crippen molar-refractivity contribution in [1.29, 1.82) is 0 Å². The van der Waals surface area contributed by atoms with Gasteiger partial charge in [-0.25, -0.2) is 4.99 Å². The van der Waals surface area contributed by atoms with Crippen molar-refractivity contribution < 1.29 is 4.79 Å². The molecule has 0 atom stereocenters. The first kappa shape index (κ1) is 12.7. The molecule has 0 saturated carbocycles. The van der Waals surface area contributed by atoms with Crippen LogP contribution in [0.2, 0.25) is 0 Å². The highest BCUT2D eigenvalue weighted by molar-refractivity contribution is 5.98. The maximum Gasteiger partial charge on any atom is 0.223 e. The number of Topliss-reactive ketones (excluding diaryl/α,β-unsaturated/α-hetero) is 1. The van der Waals surface area contributed by atoms with Crippen LogP contribution in [-0.4, -0.2) is 24.2 Å². The van der Waals surface area contributed by atoms with Gasteiger partial charge in [0.05, 0.1) is 12.2 Å². The van der Waals surface area contributed by atoms with Crippen LogP contribution in [0.4, 0.5) is 5.69 Å². The van der Waals surface area contributed by atoms with Gasteiger partial charge in [0.15, 0.2) is 11.7 Å². The monoisotopic (exact) mass is 234 g/mol. The van der Waals surface area contributed by atoms with Crippen LogP contribution >= 0.6 is 0 Å². The van der Waals surface area contributed by atoms with Crippen LogP contribution < -0.4 is 22.9 Å². The van der Waals surface area contributed by atoms with Gasteiger partial charge in [-0.05, 0) is 24.3 Å². The second-order valence-corrected chi connectivity index (χ2v) is 3.18. The summed E-state index contributed by atoms with van der Waals surface area (Å²) in [6.45, 7) is -0.0290. The number of carbonyl (C=O) groups excluding carboxylic acids is 1. The summed E-state index contributed by atoms with van der Waals surface area (Å²) in [5.74, 6) is -0.359. The zero-order chi connectivity index (χ0) is 12.8. The minimum Gasteiger partial charge on any atom is -0.370 e. The van der Waals surface area contributed by atoms with E-state index in [2.05, 4.69) is 9.98 Å². The highest BCUT2D eigenvalue weighted by atomic mass is 16.1. The van der Waals surface area contributed by atoms with E-state index in [0.717, 1.165) is 0 Å². The van der Waals surface area contributed by atoms with E-state index in [9.17, 15) is 4.79 Å². The number of benzene rings is 1. The Morgan fingerprint density at radius 3 is 2.18 bits per heavy atom. The molecule has 7 heteroatoms. The van der Waals surface area contributed by atoms with Gasteiger partial charge in [-0.1, -0.05) is 0 Å². The minimum atomic E-state index is -0.166. The first-order valence-corrected chi connectivity index (χ1v) is 4.80. The fraction of sp³-hybridized carbons (Fsp3) is 0.100. The van der Waals surface area contributed by atoms with Crippen molar-refractivity contribution in [3.8, 4) is 0 Å². The average Bonchev–Trinajstić information content (AvgIpc) is 2.28. The second-order valence-electron chi connectivity index (χ2n) is 3.18. The number of hydrogen-bond donors (Lipinski definition) is 4. The third-order valence-electron chi connectivity index (χ3n) is 1.86. The Hall–Kier alpha value is -2.41. The van der Waals surface area contributed by atoms with E-state index < -0.39 is 0 Å². The number of rotatable bonds is 3. The van der Waals surface area contributed by atoms with Gasteiger partial charge in [0, 0.05) is 5.56 Å². The normalized spacial score (nSPS) is 11.0. The molecule has 0 bridgehead atoms. The number of hydrogen-bond acceptors (Lipinski definition) is 3. The highest BCUT2D eigenvalue weighted by Gasteiger charge is 2.02. The fourth-order valence-corrected chi connectivity index (χ4v) is 1.13. The molecule has 0 heterocycles. The number of nitrogens with two attached hydrogens (primary N) is 4. The first-order valence-electron chi connectivity index (χ1n) is 4.80. The molecule has 17 heavy (non-hydrogen) atoms. The summed E-state index contributed by atoms with van der Waals surface area (Å²) in [7, 11) is 0. The van der Waals surface area contributed by atoms with Gasteiger partial charge >= 0.3 is 0 Å². The third-order valence-corrected chi connectivity index (χ3v) is 1.86. The van der Waals surface area contributed by atoms with Crippen molar-refractivity contribution in [1.82, 2.24) is 0 Å². The summed E-state index contributed by atoms with van der Waals surface area (Å²) in [5, 5.41) is 0. The van der Waals surface area contributed by atoms with Crippen molar-refractivity contribution in [2.24, 2.45) is 32.9 Å². The van der Waals surface area contributed by atoms with E-state index in [1.54, 1.807) is 24.3 Å². The van der Waals surface area contributed by atoms with Gasteiger partial charge in [0.1, 0.15) is 0 Å². The number of ketones is 1. The molecule has 7 nitrogen and oxygen atoms in total. The van der Waals surface area contributed by atoms with Gasteiger partial charge in [-0.3, -0.25) is 4.79 Å². The maximum atomic E-state index is 11.3. The lowest BCUT2D eigenvalue weighted by molar-refractivity contribution is 0.100. The molecule has 0 radical (unpaired) electrons. The van der Waals surface area contributed by atoms with Crippen LogP contribution in [0.15, 0.2) is 34.3 Å². The molecule has 0 fully saturated rings. The van der Waals surface area contributed by atoms with Crippen molar-refractivity contribution in [3.05, 3.63) is 29.8 Å². The van der Waals surface area contributed by atoms with Gasteiger partial charge in [0.2, 0.25) is 5.96 Å². The lowest BCUT2D eigenvalue weighted by atomic mass is 10.1. The molecule has 0 aliphatic rings. The molecule has 0 aromatic heterocycles. The van der Waals surface area contributed by atoms with Crippen molar-refractivity contribution >= 4 is 23.4 Å². The van der Waals surface area contributed by atoms with Gasteiger partial charge < -0.3 is 22.9 Å². The van der Waals surface area contributed by atoms with Crippen molar-refractivity contribution in [2.45, 2.75) is 0 Å². The molecule has 1 rings (SSSR count). The average molecular weight is 234 g/mol. The molecule has 0 aliphatic heterocycles. The summed E-state index contributed by atoms with van der Waals surface area (Å²) in [6, 6.07) is 6.46. The number of aliphatic imine (C=N–C) groups is 2. The smallest absolute Gasteiger partial charge is 0.223 e. The molecular weight excluding hydrogens is 220 g/mol. The van der Waals surface area contributed by atoms with E-state index in [0.29, 0.717) is 11.3 Å². The summed E-state index contributed by atoms with van der Waals surface area (Å²) in [4.78, 5) is 18.7. The standard InChI is InChI=1S/C10H14N6O/c11-5-8(17)6-1-3-7(4-2-6)15-10(14)16-9(12)13/h1-4H,5,11H2,(H6,12,13,14,15,16). The van der Waals surface area contributed by atoms with Crippen LogP contribution in [0, 0.1) is 0 Å². The fourth-order valence-electron chi connectivity index (χ4n) is 1.13. The molecule has 0 saturated heterocycles. The SMILES string of the molecule is NCC(=O)c1ccc(N=C(N)N=C(N)N)cc1. The summed E-state index contributed by atoms with van der Waals surface area (Å²) in [5.41, 5.74) is 22.0. The first-order chi connectivity index (χ1) is 8.02. The second kappa shape index (κ2) is 5.61. The van der Waals surface area contributed by atoms with Crippen molar-refractivity contribution in [3.63, 3.8) is 0 Å². The van der Waals surface area contributed by atoms with E-state index in [4.69, 9.17) is 22.9 Å². The van der Waals surface area contributed by atoms with Gasteiger partial charge in [-0.2, -0.15) is 4.99 Å². The van der Waals surface area contributed by atoms with E-state index in [-0.39, 0.29) is 24.2 Å². The van der Waals surface area contributed by atoms with Crippen LogP contribution in [0.3, 0.4) is 0 Å². The molecule has 1 aromatic carbocycles. The lowest BCUT2D eigenvalue weighted by Crippen LogP contribution is -2.26. The quantitative estimate of drug-likeness (QED) is 0.302. The molecule has 0 unspecified atom stereocenters. The molecule has 1 aromatic rings. The Labute approximate surface area is 98.2 Å².